The van der Waals surface area contributed by atoms with Crippen molar-refractivity contribution < 1.29 is 8.42 Å². The Balaban J connectivity index is 1.58. The van der Waals surface area contributed by atoms with Gasteiger partial charge in [-0.05, 0) is 55.6 Å². The quantitative estimate of drug-likeness (QED) is 0.631. The van der Waals surface area contributed by atoms with Crippen LogP contribution < -0.4 is 10.2 Å². The van der Waals surface area contributed by atoms with Crippen LogP contribution in [-0.2, 0) is 9.84 Å². The smallest absolute Gasteiger partial charge is 0.178 e. The molecule has 5 nitrogen and oxygen atoms in total. The molecule has 1 saturated heterocycles. The van der Waals surface area contributed by atoms with Crippen molar-refractivity contribution in [1.82, 2.24) is 10.2 Å². The lowest BCUT2D eigenvalue weighted by atomic mass is 10.2. The Labute approximate surface area is 191 Å². The Hall–Kier alpha value is -1.54. The van der Waals surface area contributed by atoms with Crippen molar-refractivity contribution in [3.63, 3.8) is 0 Å². The number of hydrogen-bond acceptors (Lipinski definition) is 6. The van der Waals surface area contributed by atoms with Crippen LogP contribution in [0.3, 0.4) is 0 Å². The first-order valence-electron chi connectivity index (χ1n) is 11.3. The highest BCUT2D eigenvalue weighted by Crippen LogP contribution is 2.48. The van der Waals surface area contributed by atoms with Gasteiger partial charge in [-0.3, -0.25) is 0 Å². The number of sulfone groups is 1. The Morgan fingerprint density at radius 2 is 1.74 bits per heavy atom. The van der Waals surface area contributed by atoms with Gasteiger partial charge in [0.25, 0.3) is 0 Å². The van der Waals surface area contributed by atoms with Gasteiger partial charge in [-0.1, -0.05) is 37.7 Å². The number of hydrogen-bond donors (Lipinski definition) is 1. The first-order valence-corrected chi connectivity index (χ1v) is 13.8. The van der Waals surface area contributed by atoms with E-state index in [1.807, 2.05) is 12.1 Å². The zero-order valence-electron chi connectivity index (χ0n) is 18.5. The van der Waals surface area contributed by atoms with Crippen molar-refractivity contribution >= 4 is 33.0 Å². The number of fused-ring (bicyclic) bond motifs is 2. The van der Waals surface area contributed by atoms with Gasteiger partial charge in [0.05, 0.1) is 22.0 Å². The number of para-hydroxylation sites is 1. The van der Waals surface area contributed by atoms with Crippen LogP contribution in [0.4, 0.5) is 11.4 Å². The number of rotatable bonds is 8. The Bertz CT molecular complexity index is 1000. The summed E-state index contributed by atoms with van der Waals surface area (Å²) in [4.78, 5) is 7.63. The molecule has 0 saturated carbocycles. The number of benzene rings is 2. The van der Waals surface area contributed by atoms with Crippen LogP contribution in [-0.4, -0.2) is 58.3 Å². The number of anilines is 2. The van der Waals surface area contributed by atoms with Gasteiger partial charge < -0.3 is 15.1 Å². The third-order valence-electron chi connectivity index (χ3n) is 5.99. The summed E-state index contributed by atoms with van der Waals surface area (Å²) in [6.45, 7) is 10.4. The second-order valence-corrected chi connectivity index (χ2v) is 12.0. The summed E-state index contributed by atoms with van der Waals surface area (Å²) < 4.78 is 25.9. The first kappa shape index (κ1) is 22.6. The molecular weight excluding hydrogens is 426 g/mol. The van der Waals surface area contributed by atoms with Gasteiger partial charge in [-0.15, -0.1) is 0 Å². The molecule has 0 amide bonds. The van der Waals surface area contributed by atoms with Crippen LogP contribution in [0.2, 0.25) is 0 Å². The Kier molecular flexibility index (Phi) is 7.26. The lowest BCUT2D eigenvalue weighted by Crippen LogP contribution is -2.44. The molecule has 2 aliphatic heterocycles. The zero-order valence-corrected chi connectivity index (χ0v) is 20.1. The van der Waals surface area contributed by atoms with Crippen molar-refractivity contribution in [3.05, 3.63) is 42.5 Å². The van der Waals surface area contributed by atoms with E-state index >= 15 is 0 Å². The zero-order chi connectivity index (χ0) is 21.8. The summed E-state index contributed by atoms with van der Waals surface area (Å²) in [5.41, 5.74) is 2.20. The molecule has 0 atom stereocenters. The average molecular weight is 460 g/mol. The molecule has 168 valence electrons. The number of piperazine rings is 1. The third-order valence-corrected chi connectivity index (χ3v) is 8.86. The maximum atomic E-state index is 13.0. The normalized spacial score (nSPS) is 16.9. The molecule has 0 unspecified atom stereocenters. The van der Waals surface area contributed by atoms with Crippen LogP contribution in [0, 0.1) is 5.92 Å². The average Bonchev–Trinajstić information content (AvgIpc) is 2.77. The van der Waals surface area contributed by atoms with E-state index in [0.29, 0.717) is 17.2 Å². The second kappa shape index (κ2) is 9.94. The Morgan fingerprint density at radius 3 is 2.52 bits per heavy atom. The van der Waals surface area contributed by atoms with Gasteiger partial charge >= 0.3 is 0 Å². The minimum absolute atomic E-state index is 0.205. The van der Waals surface area contributed by atoms with Gasteiger partial charge in [0.2, 0.25) is 0 Å². The highest BCUT2D eigenvalue weighted by Gasteiger charge is 2.26. The molecule has 7 heteroatoms. The second-order valence-electron chi connectivity index (χ2n) is 8.80. The van der Waals surface area contributed by atoms with E-state index in [-0.39, 0.29) is 5.75 Å². The molecule has 1 N–H and O–H groups in total. The first-order chi connectivity index (χ1) is 14.9. The largest absolute Gasteiger partial charge is 0.340 e. The van der Waals surface area contributed by atoms with E-state index in [9.17, 15) is 8.42 Å². The lowest BCUT2D eigenvalue weighted by Gasteiger charge is -2.34. The molecule has 0 aliphatic carbocycles. The lowest BCUT2D eigenvalue weighted by molar-refractivity contribution is 0.239. The molecule has 0 aromatic heterocycles. The standard InChI is InChI=1S/C24H33N3O2S2/c1-19(2)10-17-31(28,29)20-8-9-24-22(18-20)27(21-6-3-4-7-23(21)30-24)14-5-13-26-15-11-25-12-16-26/h3-4,6-9,18-19,25H,5,10-17H2,1-2H3. The van der Waals surface area contributed by atoms with E-state index in [4.69, 9.17) is 0 Å². The maximum absolute atomic E-state index is 13.0. The van der Waals surface area contributed by atoms with Gasteiger partial charge in [0.15, 0.2) is 9.84 Å². The van der Waals surface area contributed by atoms with Crippen LogP contribution >= 0.6 is 11.8 Å². The summed E-state index contributed by atoms with van der Waals surface area (Å²) >= 11 is 1.73. The Morgan fingerprint density at radius 1 is 1.00 bits per heavy atom. The van der Waals surface area contributed by atoms with Gasteiger partial charge in [0, 0.05) is 42.5 Å². The highest BCUT2D eigenvalue weighted by atomic mass is 32.2. The molecule has 2 aliphatic rings. The minimum atomic E-state index is -3.28. The van der Waals surface area contributed by atoms with E-state index < -0.39 is 9.84 Å². The summed E-state index contributed by atoms with van der Waals surface area (Å²) in [6, 6.07) is 14.1. The monoisotopic (exact) mass is 459 g/mol. The SMILES string of the molecule is CC(C)CCS(=O)(=O)c1ccc2c(c1)N(CCCN1CCNCC1)c1ccccc1S2. The molecular formula is C24H33N3O2S2. The number of nitrogens with one attached hydrogen (secondary N) is 1. The molecule has 0 spiro atoms. The predicted molar refractivity (Wildman–Crippen MR) is 129 cm³/mol. The molecule has 2 aromatic rings. The predicted octanol–water partition coefficient (Wildman–Crippen LogP) is 4.40. The van der Waals surface area contributed by atoms with E-state index in [1.165, 1.54) is 10.6 Å². The molecule has 2 aromatic carbocycles. The maximum Gasteiger partial charge on any atom is 0.178 e. The fraction of sp³-hybridized carbons (Fsp3) is 0.500. The topological polar surface area (TPSA) is 52.7 Å². The molecule has 0 radical (unpaired) electrons. The van der Waals surface area contributed by atoms with Gasteiger partial charge in [0.1, 0.15) is 0 Å². The van der Waals surface area contributed by atoms with Crippen molar-refractivity contribution in [1.29, 1.82) is 0 Å². The molecule has 2 heterocycles. The molecule has 1 fully saturated rings. The van der Waals surface area contributed by atoms with Crippen LogP contribution in [0.25, 0.3) is 0 Å². The van der Waals surface area contributed by atoms with E-state index in [1.54, 1.807) is 17.8 Å². The minimum Gasteiger partial charge on any atom is -0.340 e. The summed E-state index contributed by atoms with van der Waals surface area (Å²) in [5, 5.41) is 3.41. The van der Waals surface area contributed by atoms with Crippen LogP contribution in [0.5, 0.6) is 0 Å². The van der Waals surface area contributed by atoms with Crippen molar-refractivity contribution in [2.24, 2.45) is 5.92 Å². The molecule has 31 heavy (non-hydrogen) atoms. The highest BCUT2D eigenvalue weighted by molar-refractivity contribution is 7.99. The summed E-state index contributed by atoms with van der Waals surface area (Å²) in [7, 11) is -3.28. The van der Waals surface area contributed by atoms with E-state index in [2.05, 4.69) is 53.2 Å². The van der Waals surface area contributed by atoms with E-state index in [0.717, 1.165) is 56.3 Å². The van der Waals surface area contributed by atoms with Crippen molar-refractivity contribution in [2.75, 3.05) is 49.9 Å². The fourth-order valence-electron chi connectivity index (χ4n) is 4.14. The third kappa shape index (κ3) is 5.45. The number of nitrogens with zero attached hydrogens (tertiary/aromatic N) is 2. The van der Waals surface area contributed by atoms with Crippen LogP contribution in [0.15, 0.2) is 57.2 Å². The van der Waals surface area contributed by atoms with Crippen molar-refractivity contribution in [2.45, 2.75) is 41.4 Å². The molecule has 0 bridgehead atoms. The summed E-state index contributed by atoms with van der Waals surface area (Å²) in [5.74, 6) is 0.576. The summed E-state index contributed by atoms with van der Waals surface area (Å²) in [6.07, 6.45) is 1.73. The van der Waals surface area contributed by atoms with Gasteiger partial charge in [-0.25, -0.2) is 8.42 Å². The van der Waals surface area contributed by atoms with Gasteiger partial charge in [-0.2, -0.15) is 0 Å². The molecule has 4 rings (SSSR count). The van der Waals surface area contributed by atoms with Crippen molar-refractivity contribution in [3.8, 4) is 0 Å². The fourth-order valence-corrected chi connectivity index (χ4v) is 6.80. The van der Waals surface area contributed by atoms with Crippen LogP contribution in [0.1, 0.15) is 26.7 Å².